The number of para-hydroxylation sites is 1. The summed E-state index contributed by atoms with van der Waals surface area (Å²) in [7, 11) is 0. The van der Waals surface area contributed by atoms with E-state index in [4.69, 9.17) is 29.9 Å². The van der Waals surface area contributed by atoms with Crippen molar-refractivity contribution in [3.63, 3.8) is 0 Å². The quantitative estimate of drug-likeness (QED) is 0.128. The first-order valence-corrected chi connectivity index (χ1v) is 35.1. The lowest BCUT2D eigenvalue weighted by Gasteiger charge is -2.12. The lowest BCUT2D eigenvalue weighted by atomic mass is 10.0. The maximum Gasteiger partial charge on any atom is 0.164 e. The molecule has 0 aliphatic carbocycles. The van der Waals surface area contributed by atoms with Crippen LogP contribution in [0.25, 0.3) is 197 Å². The van der Waals surface area contributed by atoms with Gasteiger partial charge in [0.15, 0.2) is 34.9 Å². The van der Waals surface area contributed by atoms with E-state index in [1.807, 2.05) is 102 Å². The summed E-state index contributed by atoms with van der Waals surface area (Å²) in [4.78, 5) is 30.7. The van der Waals surface area contributed by atoms with Crippen molar-refractivity contribution >= 4 is 107 Å². The molecule has 0 bridgehead atoms. The molecule has 0 N–H and O–H groups in total. The van der Waals surface area contributed by atoms with Gasteiger partial charge in [-0.1, -0.05) is 237 Å². The molecule has 0 saturated heterocycles. The van der Waals surface area contributed by atoms with E-state index in [9.17, 15) is 0 Å². The maximum absolute atomic E-state index is 5.28. The minimum atomic E-state index is 0.601. The molecule has 0 saturated carbocycles. The van der Waals surface area contributed by atoms with Crippen LogP contribution in [0.2, 0.25) is 0 Å². The molecule has 10 heteroatoms. The molecule has 14 aromatic carbocycles. The van der Waals surface area contributed by atoms with Crippen molar-refractivity contribution in [2.75, 3.05) is 0 Å². The van der Waals surface area contributed by atoms with Crippen molar-refractivity contribution in [2.45, 2.75) is 0 Å². The van der Waals surface area contributed by atoms with Gasteiger partial charge in [0.1, 0.15) is 0 Å². The molecule has 20 rings (SSSR count). The monoisotopic (exact) mass is 1310 g/mol. The van der Waals surface area contributed by atoms with E-state index < -0.39 is 0 Å². The second kappa shape index (κ2) is 23.5. The largest absolute Gasteiger partial charge is 0.309 e. The highest BCUT2D eigenvalue weighted by Crippen LogP contribution is 2.45. The number of thiophene rings is 2. The van der Waals surface area contributed by atoms with Gasteiger partial charge in [0.2, 0.25) is 0 Å². The van der Waals surface area contributed by atoms with E-state index in [-0.39, 0.29) is 0 Å². The number of aromatic nitrogens is 8. The van der Waals surface area contributed by atoms with Gasteiger partial charge >= 0.3 is 0 Å². The van der Waals surface area contributed by atoms with Gasteiger partial charge in [-0.05, 0) is 124 Å². The number of hydrogen-bond acceptors (Lipinski definition) is 8. The van der Waals surface area contributed by atoms with Crippen molar-refractivity contribution in [3.8, 4) is 113 Å². The summed E-state index contributed by atoms with van der Waals surface area (Å²) in [6.07, 6.45) is 0. The molecule has 6 heterocycles. The van der Waals surface area contributed by atoms with Gasteiger partial charge in [0.05, 0.1) is 22.1 Å². The van der Waals surface area contributed by atoms with Crippen LogP contribution in [0.3, 0.4) is 0 Å². The molecule has 0 spiro atoms. The minimum absolute atomic E-state index is 0.601. The van der Waals surface area contributed by atoms with Gasteiger partial charge < -0.3 is 9.13 Å². The molecule has 6 aromatic heterocycles. The van der Waals surface area contributed by atoms with Gasteiger partial charge in [-0.15, -0.1) is 22.7 Å². The Balaban J connectivity index is 0.641. The first kappa shape index (κ1) is 57.4. The molecule has 0 amide bonds. The summed E-state index contributed by atoms with van der Waals surface area (Å²) < 4.78 is 9.96. The summed E-state index contributed by atoms with van der Waals surface area (Å²) in [5, 5.41) is 10.00. The molecule has 8 nitrogen and oxygen atoms in total. The van der Waals surface area contributed by atoms with Gasteiger partial charge in [-0.3, -0.25) is 0 Å². The number of rotatable bonds is 11. The number of nitrogens with zero attached hydrogens (tertiary/aromatic N) is 8. The Kier molecular flexibility index (Phi) is 13.5. The van der Waals surface area contributed by atoms with Crippen molar-refractivity contribution in [1.29, 1.82) is 0 Å². The first-order chi connectivity index (χ1) is 49.5. The van der Waals surface area contributed by atoms with Crippen molar-refractivity contribution in [3.05, 3.63) is 328 Å². The summed E-state index contributed by atoms with van der Waals surface area (Å²) in [6, 6.07) is 117. The summed E-state index contributed by atoms with van der Waals surface area (Å²) in [5.74, 6) is 3.70. The Labute approximate surface area is 582 Å². The molecule has 0 unspecified atom stereocenters. The highest BCUT2D eigenvalue weighted by atomic mass is 32.1. The van der Waals surface area contributed by atoms with Crippen LogP contribution in [-0.2, 0) is 0 Å². The van der Waals surface area contributed by atoms with Crippen LogP contribution >= 0.6 is 22.7 Å². The van der Waals surface area contributed by atoms with E-state index in [2.05, 4.69) is 258 Å². The molecule has 0 aliphatic rings. The standard InChI is InChI=1S/C90H54N8S2/c1-4-19-57(20-5-1)85-91-86(58-21-6-2-7-22-58)94-89(93-85)65-28-16-25-61(47-65)56-41-44-67(45-42-56)97-78-46-43-64(50-72(78)74-52-76-71-33-12-15-36-82(71)100-84(76)54-80(74)97)55-37-39-60(40-38-55)88-92-87(59-23-8-3-9-24-59)95-90(96-88)66-29-17-26-62(48-66)63-27-18-30-68(49-63)98-77-34-13-10-31-69(77)73-51-75-70-32-11-14-35-81(70)99-83(75)53-79(73)98/h1-54H. The van der Waals surface area contributed by atoms with Crippen LogP contribution in [0.1, 0.15) is 0 Å². The third kappa shape index (κ3) is 9.87. The van der Waals surface area contributed by atoms with Crippen LogP contribution in [0.15, 0.2) is 328 Å². The molecule has 100 heavy (non-hydrogen) atoms. The molecule has 20 aromatic rings. The highest BCUT2D eigenvalue weighted by Gasteiger charge is 2.22. The van der Waals surface area contributed by atoms with Crippen molar-refractivity contribution in [2.24, 2.45) is 0 Å². The zero-order chi connectivity index (χ0) is 65.8. The van der Waals surface area contributed by atoms with Crippen LogP contribution in [0.4, 0.5) is 0 Å². The number of hydrogen-bond donors (Lipinski definition) is 0. The van der Waals surface area contributed by atoms with Crippen LogP contribution < -0.4 is 0 Å². The highest BCUT2D eigenvalue weighted by molar-refractivity contribution is 7.26. The Morgan fingerprint density at radius 1 is 0.170 bits per heavy atom. The summed E-state index contributed by atoms with van der Waals surface area (Å²) in [6.45, 7) is 0. The molecule has 0 aliphatic heterocycles. The zero-order valence-corrected chi connectivity index (χ0v) is 55.2. The predicted octanol–water partition coefficient (Wildman–Crippen LogP) is 24.0. The van der Waals surface area contributed by atoms with Gasteiger partial charge in [-0.25, -0.2) is 29.9 Å². The number of benzene rings is 14. The maximum atomic E-state index is 5.28. The molecular weight excluding hydrogens is 1260 g/mol. The average Bonchev–Trinajstić information content (AvgIpc) is 1.57. The second-order valence-electron chi connectivity index (χ2n) is 25.4. The van der Waals surface area contributed by atoms with E-state index in [0.717, 1.165) is 89.2 Å². The fourth-order valence-corrected chi connectivity index (χ4v) is 16.8. The third-order valence-corrected chi connectivity index (χ3v) is 21.7. The Hall–Kier alpha value is -12.9. The molecule has 0 atom stereocenters. The van der Waals surface area contributed by atoms with E-state index in [1.54, 1.807) is 0 Å². The molecular formula is C90H54N8S2. The fraction of sp³-hybridized carbons (Fsp3) is 0. The third-order valence-electron chi connectivity index (χ3n) is 19.4. The zero-order valence-electron chi connectivity index (χ0n) is 53.6. The Bertz CT molecular complexity index is 6580. The molecule has 0 radical (unpaired) electrons. The Morgan fingerprint density at radius 2 is 0.510 bits per heavy atom. The first-order valence-electron chi connectivity index (χ1n) is 33.5. The normalized spacial score (nSPS) is 11.8. The van der Waals surface area contributed by atoms with E-state index >= 15 is 0 Å². The van der Waals surface area contributed by atoms with Gasteiger partial charge in [0.25, 0.3) is 0 Å². The molecule has 0 fully saturated rings. The lowest BCUT2D eigenvalue weighted by Crippen LogP contribution is -2.00. The van der Waals surface area contributed by atoms with Crippen LogP contribution in [-0.4, -0.2) is 39.0 Å². The topological polar surface area (TPSA) is 87.2 Å². The van der Waals surface area contributed by atoms with Crippen molar-refractivity contribution < 1.29 is 0 Å². The Morgan fingerprint density at radius 3 is 1.04 bits per heavy atom. The average molecular weight is 1310 g/mol. The SMILES string of the molecule is c1ccc(-c2nc(-c3ccccc3)nc(-c3cccc(-c4ccc(-n5c6ccc(-c7ccc(-c8nc(-c9ccccc9)nc(-c9cccc(-c%10cccc(-n%11c%12ccccc%12c%12cc%13c(cc%12%11)sc%11ccccc%11%13)c%10)c9)n8)cc7)cc6c6cc7c(cc65)sc5ccccc57)cc4)c3)n2)cc1. The minimum Gasteiger partial charge on any atom is -0.309 e. The van der Waals surface area contributed by atoms with Gasteiger partial charge in [-0.2, -0.15) is 0 Å². The van der Waals surface area contributed by atoms with Gasteiger partial charge in [0, 0.05) is 107 Å². The second-order valence-corrected chi connectivity index (χ2v) is 27.6. The smallest absolute Gasteiger partial charge is 0.164 e. The van der Waals surface area contributed by atoms with E-state index in [1.165, 1.54) is 72.9 Å². The summed E-state index contributed by atoms with van der Waals surface area (Å²) >= 11 is 3.70. The van der Waals surface area contributed by atoms with Crippen molar-refractivity contribution in [1.82, 2.24) is 39.0 Å². The molecule has 466 valence electrons. The van der Waals surface area contributed by atoms with Crippen LogP contribution in [0, 0.1) is 0 Å². The fourth-order valence-electron chi connectivity index (χ4n) is 14.6. The lowest BCUT2D eigenvalue weighted by molar-refractivity contribution is 1.07. The predicted molar refractivity (Wildman–Crippen MR) is 417 cm³/mol. The number of fused-ring (bicyclic) bond motifs is 12. The van der Waals surface area contributed by atoms with Crippen LogP contribution in [0.5, 0.6) is 0 Å². The summed E-state index contributed by atoms with van der Waals surface area (Å²) in [5.41, 5.74) is 18.9. The van der Waals surface area contributed by atoms with E-state index in [0.29, 0.717) is 34.9 Å².